The minimum atomic E-state index is 0.552. The molecule has 78 valence electrons. The molecule has 0 aliphatic rings. The van der Waals surface area contributed by atoms with E-state index in [0.29, 0.717) is 11.8 Å². The Morgan fingerprint density at radius 2 is 2.14 bits per heavy atom. The van der Waals surface area contributed by atoms with E-state index in [2.05, 4.69) is 28.9 Å². The lowest BCUT2D eigenvalue weighted by molar-refractivity contribution is 0.593. The molecule has 1 aromatic carbocycles. The van der Waals surface area contributed by atoms with E-state index in [1.807, 2.05) is 12.1 Å². The van der Waals surface area contributed by atoms with Crippen LogP contribution in [0.1, 0.15) is 18.9 Å². The quantitative estimate of drug-likeness (QED) is 0.692. The van der Waals surface area contributed by atoms with Crippen LogP contribution in [-0.2, 0) is 6.42 Å². The third-order valence-electron chi connectivity index (χ3n) is 2.18. The first-order valence-corrected chi connectivity index (χ1v) is 6.34. The summed E-state index contributed by atoms with van der Waals surface area (Å²) in [6.07, 6.45) is 2.09. The first-order valence-electron chi connectivity index (χ1n) is 4.63. The molecule has 0 saturated carbocycles. The summed E-state index contributed by atoms with van der Waals surface area (Å²) in [6, 6.07) is 6.02. The highest BCUT2D eigenvalue weighted by atomic mass is 79.9. The summed E-state index contributed by atoms with van der Waals surface area (Å²) in [6.45, 7) is 2.15. The standard InChI is InChI=1S/C11H13BrCl2/c1-8(7-13)2-3-9-4-5-10(12)6-11(9)14/h4-6,8H,2-3,7H2,1H3. The highest BCUT2D eigenvalue weighted by molar-refractivity contribution is 9.10. The fourth-order valence-electron chi connectivity index (χ4n) is 1.20. The molecular formula is C11H13BrCl2. The molecule has 1 aromatic rings. The summed E-state index contributed by atoms with van der Waals surface area (Å²) in [5.41, 5.74) is 1.20. The van der Waals surface area contributed by atoms with Crippen molar-refractivity contribution in [3.8, 4) is 0 Å². The minimum Gasteiger partial charge on any atom is -0.126 e. The highest BCUT2D eigenvalue weighted by Crippen LogP contribution is 2.23. The molecule has 0 aliphatic carbocycles. The molecule has 0 nitrogen and oxygen atoms in total. The van der Waals surface area contributed by atoms with Crippen molar-refractivity contribution in [3.05, 3.63) is 33.3 Å². The largest absolute Gasteiger partial charge is 0.126 e. The van der Waals surface area contributed by atoms with Gasteiger partial charge in [0.05, 0.1) is 0 Å². The van der Waals surface area contributed by atoms with Gasteiger partial charge in [-0.2, -0.15) is 0 Å². The maximum atomic E-state index is 6.09. The Kier molecular flexibility index (Phi) is 5.29. The maximum absolute atomic E-state index is 6.09. The van der Waals surface area contributed by atoms with Gasteiger partial charge in [-0.1, -0.05) is 40.5 Å². The summed E-state index contributed by atoms with van der Waals surface area (Å²) >= 11 is 15.2. The average Bonchev–Trinajstić information content (AvgIpc) is 2.16. The SMILES string of the molecule is CC(CCl)CCc1ccc(Br)cc1Cl. The average molecular weight is 296 g/mol. The summed E-state index contributed by atoms with van der Waals surface area (Å²) in [5.74, 6) is 1.27. The Morgan fingerprint density at radius 1 is 1.43 bits per heavy atom. The summed E-state index contributed by atoms with van der Waals surface area (Å²) in [4.78, 5) is 0. The second-order valence-electron chi connectivity index (χ2n) is 3.53. The number of alkyl halides is 1. The van der Waals surface area contributed by atoms with Crippen molar-refractivity contribution in [2.45, 2.75) is 19.8 Å². The lowest BCUT2D eigenvalue weighted by Gasteiger charge is -2.08. The van der Waals surface area contributed by atoms with Gasteiger partial charge in [-0.15, -0.1) is 11.6 Å². The predicted octanol–water partition coefficient (Wildman–Crippen LogP) is 4.91. The molecule has 14 heavy (non-hydrogen) atoms. The van der Waals surface area contributed by atoms with E-state index >= 15 is 0 Å². The smallest absolute Gasteiger partial charge is 0.0449 e. The molecule has 0 N–H and O–H groups in total. The van der Waals surface area contributed by atoms with Crippen molar-refractivity contribution in [1.29, 1.82) is 0 Å². The van der Waals surface area contributed by atoms with Crippen LogP contribution in [0.5, 0.6) is 0 Å². The molecule has 0 fully saturated rings. The van der Waals surface area contributed by atoms with Crippen LogP contribution >= 0.6 is 39.1 Å². The van der Waals surface area contributed by atoms with Gasteiger partial charge in [0.25, 0.3) is 0 Å². The Hall–Kier alpha value is 0.280. The molecule has 0 aliphatic heterocycles. The van der Waals surface area contributed by atoms with Crippen LogP contribution in [0.4, 0.5) is 0 Å². The van der Waals surface area contributed by atoms with Gasteiger partial charge < -0.3 is 0 Å². The summed E-state index contributed by atoms with van der Waals surface area (Å²) < 4.78 is 1.02. The van der Waals surface area contributed by atoms with Crippen molar-refractivity contribution in [2.24, 2.45) is 5.92 Å². The topological polar surface area (TPSA) is 0 Å². The van der Waals surface area contributed by atoms with Crippen LogP contribution < -0.4 is 0 Å². The Balaban J connectivity index is 2.59. The van der Waals surface area contributed by atoms with Crippen LogP contribution in [0.25, 0.3) is 0 Å². The molecule has 0 saturated heterocycles. The van der Waals surface area contributed by atoms with Crippen molar-refractivity contribution in [2.75, 3.05) is 5.88 Å². The summed E-state index contributed by atoms with van der Waals surface area (Å²) in [5, 5.41) is 0.834. The zero-order valence-corrected chi connectivity index (χ0v) is 11.2. The molecule has 3 heteroatoms. The van der Waals surface area contributed by atoms with Crippen molar-refractivity contribution in [1.82, 2.24) is 0 Å². The molecule has 0 radical (unpaired) electrons. The lowest BCUT2D eigenvalue weighted by atomic mass is 10.0. The number of rotatable bonds is 4. The molecule has 0 amide bonds. The third-order valence-corrected chi connectivity index (χ3v) is 3.56. The third kappa shape index (κ3) is 3.80. The van der Waals surface area contributed by atoms with Crippen molar-refractivity contribution in [3.63, 3.8) is 0 Å². The van der Waals surface area contributed by atoms with Gasteiger partial charge in [0.15, 0.2) is 0 Å². The maximum Gasteiger partial charge on any atom is 0.0449 e. The number of aryl methyl sites for hydroxylation is 1. The van der Waals surface area contributed by atoms with E-state index in [1.54, 1.807) is 0 Å². The van der Waals surface area contributed by atoms with Crippen LogP contribution in [-0.4, -0.2) is 5.88 Å². The van der Waals surface area contributed by atoms with E-state index in [-0.39, 0.29) is 0 Å². The van der Waals surface area contributed by atoms with Crippen molar-refractivity contribution < 1.29 is 0 Å². The molecule has 0 heterocycles. The molecule has 1 rings (SSSR count). The second kappa shape index (κ2) is 5.99. The number of hydrogen-bond acceptors (Lipinski definition) is 0. The van der Waals surface area contributed by atoms with Gasteiger partial charge in [-0.25, -0.2) is 0 Å². The van der Waals surface area contributed by atoms with Crippen LogP contribution in [0.2, 0.25) is 5.02 Å². The van der Waals surface area contributed by atoms with Gasteiger partial charge in [-0.05, 0) is 36.5 Å². The van der Waals surface area contributed by atoms with Gasteiger partial charge in [0.1, 0.15) is 0 Å². The molecule has 0 bridgehead atoms. The van der Waals surface area contributed by atoms with E-state index in [0.717, 1.165) is 22.3 Å². The normalized spacial score (nSPS) is 12.9. The molecular weight excluding hydrogens is 283 g/mol. The fraction of sp³-hybridized carbons (Fsp3) is 0.455. The van der Waals surface area contributed by atoms with Crippen LogP contribution in [0, 0.1) is 5.92 Å². The van der Waals surface area contributed by atoms with Gasteiger partial charge in [0, 0.05) is 15.4 Å². The van der Waals surface area contributed by atoms with Gasteiger partial charge >= 0.3 is 0 Å². The van der Waals surface area contributed by atoms with E-state index in [4.69, 9.17) is 23.2 Å². The van der Waals surface area contributed by atoms with E-state index < -0.39 is 0 Å². The summed E-state index contributed by atoms with van der Waals surface area (Å²) in [7, 11) is 0. The first kappa shape index (κ1) is 12.4. The zero-order valence-electron chi connectivity index (χ0n) is 8.06. The van der Waals surface area contributed by atoms with Crippen LogP contribution in [0.15, 0.2) is 22.7 Å². The Labute approximate surface area is 104 Å². The number of halogens is 3. The number of benzene rings is 1. The number of hydrogen-bond donors (Lipinski definition) is 0. The molecule has 1 unspecified atom stereocenters. The monoisotopic (exact) mass is 294 g/mol. The second-order valence-corrected chi connectivity index (χ2v) is 5.17. The highest BCUT2D eigenvalue weighted by Gasteiger charge is 2.04. The molecule has 0 aromatic heterocycles. The Morgan fingerprint density at radius 3 is 2.71 bits per heavy atom. The van der Waals surface area contributed by atoms with Crippen molar-refractivity contribution >= 4 is 39.1 Å². The first-order chi connectivity index (χ1) is 6.63. The predicted molar refractivity (Wildman–Crippen MR) is 67.4 cm³/mol. The Bertz CT molecular complexity index is 299. The van der Waals surface area contributed by atoms with Gasteiger partial charge in [0.2, 0.25) is 0 Å². The van der Waals surface area contributed by atoms with E-state index in [9.17, 15) is 0 Å². The zero-order chi connectivity index (χ0) is 10.6. The lowest BCUT2D eigenvalue weighted by Crippen LogP contribution is -1.98. The van der Waals surface area contributed by atoms with Gasteiger partial charge in [-0.3, -0.25) is 0 Å². The fourth-order valence-corrected chi connectivity index (χ4v) is 2.13. The van der Waals surface area contributed by atoms with Crippen LogP contribution in [0.3, 0.4) is 0 Å². The van der Waals surface area contributed by atoms with E-state index in [1.165, 1.54) is 5.56 Å². The molecule has 1 atom stereocenters. The minimum absolute atomic E-state index is 0.552. The molecule has 0 spiro atoms.